The van der Waals surface area contributed by atoms with E-state index in [4.69, 9.17) is 17.3 Å². The van der Waals surface area contributed by atoms with Crippen molar-refractivity contribution >= 4 is 46.8 Å². The topological polar surface area (TPSA) is 101 Å². The maximum Gasteiger partial charge on any atom is 0.250 e. The lowest BCUT2D eigenvalue weighted by Gasteiger charge is -2.05. The van der Waals surface area contributed by atoms with Crippen molar-refractivity contribution in [3.05, 3.63) is 64.7 Å². The van der Waals surface area contributed by atoms with Gasteiger partial charge in [0.25, 0.3) is 0 Å². The minimum Gasteiger partial charge on any atom is -0.366 e. The fourth-order valence-electron chi connectivity index (χ4n) is 2.03. The van der Waals surface area contributed by atoms with Crippen molar-refractivity contribution in [2.75, 3.05) is 10.6 Å². The number of hydrogen-bond donors (Lipinski definition) is 3. The number of rotatable bonds is 5. The first-order chi connectivity index (χ1) is 11.8. The molecule has 0 saturated carbocycles. The highest BCUT2D eigenvalue weighted by molar-refractivity contribution is 6.34. The normalized spacial score (nSPS) is 10.5. The number of primary amides is 1. The highest BCUT2D eigenvalue weighted by Crippen LogP contribution is 2.20. The number of amides is 3. The number of carbonyl (C=O) groups is 3. The molecule has 0 atom stereocenters. The number of carbonyl (C=O) groups excluding carboxylic acids is 3. The van der Waals surface area contributed by atoms with E-state index in [2.05, 4.69) is 10.6 Å². The maximum atomic E-state index is 11.9. The molecule has 0 radical (unpaired) electrons. The molecule has 3 amide bonds. The SMILES string of the molecule is CC(=O)Nc1ccc(/C=C/C(=O)Nc2ccc(C(N)=O)c(Cl)c2)cc1. The summed E-state index contributed by atoms with van der Waals surface area (Å²) < 4.78 is 0. The molecule has 0 aliphatic carbocycles. The fourth-order valence-corrected chi connectivity index (χ4v) is 2.30. The van der Waals surface area contributed by atoms with Gasteiger partial charge in [0, 0.05) is 24.4 Å². The molecular weight excluding hydrogens is 342 g/mol. The second kappa shape index (κ2) is 8.12. The van der Waals surface area contributed by atoms with Crippen LogP contribution in [-0.2, 0) is 9.59 Å². The summed E-state index contributed by atoms with van der Waals surface area (Å²) in [6, 6.07) is 11.5. The van der Waals surface area contributed by atoms with Crippen molar-refractivity contribution in [1.29, 1.82) is 0 Å². The average Bonchev–Trinajstić information content (AvgIpc) is 2.53. The summed E-state index contributed by atoms with van der Waals surface area (Å²) in [5, 5.41) is 5.47. The minimum atomic E-state index is -0.634. The molecule has 0 heterocycles. The van der Waals surface area contributed by atoms with Crippen molar-refractivity contribution < 1.29 is 14.4 Å². The van der Waals surface area contributed by atoms with Gasteiger partial charge in [-0.05, 0) is 42.0 Å². The van der Waals surface area contributed by atoms with E-state index in [0.717, 1.165) is 5.56 Å². The first kappa shape index (κ1) is 18.2. The van der Waals surface area contributed by atoms with Gasteiger partial charge in [0.15, 0.2) is 0 Å². The molecule has 128 valence electrons. The van der Waals surface area contributed by atoms with Crippen LogP contribution < -0.4 is 16.4 Å². The Morgan fingerprint density at radius 1 is 1.00 bits per heavy atom. The quantitative estimate of drug-likeness (QED) is 0.717. The number of halogens is 1. The molecule has 4 N–H and O–H groups in total. The van der Waals surface area contributed by atoms with Crippen molar-refractivity contribution in [1.82, 2.24) is 0 Å². The van der Waals surface area contributed by atoms with Crippen molar-refractivity contribution in [3.63, 3.8) is 0 Å². The van der Waals surface area contributed by atoms with Crippen LogP contribution in [0.5, 0.6) is 0 Å². The Kier molecular flexibility index (Phi) is 5.92. The van der Waals surface area contributed by atoms with Gasteiger partial charge >= 0.3 is 0 Å². The molecule has 2 rings (SSSR count). The summed E-state index contributed by atoms with van der Waals surface area (Å²) in [6.07, 6.45) is 3.00. The Morgan fingerprint density at radius 3 is 2.20 bits per heavy atom. The van der Waals surface area contributed by atoms with Gasteiger partial charge in [0.05, 0.1) is 10.6 Å². The third kappa shape index (κ3) is 5.47. The van der Waals surface area contributed by atoms with Gasteiger partial charge in [-0.1, -0.05) is 23.7 Å². The Labute approximate surface area is 149 Å². The van der Waals surface area contributed by atoms with E-state index < -0.39 is 5.91 Å². The Hall–Kier alpha value is -3.12. The summed E-state index contributed by atoms with van der Waals surface area (Å²) in [6.45, 7) is 1.43. The van der Waals surface area contributed by atoms with E-state index >= 15 is 0 Å². The van der Waals surface area contributed by atoms with Gasteiger partial charge in [-0.3, -0.25) is 14.4 Å². The molecule has 2 aromatic rings. The summed E-state index contributed by atoms with van der Waals surface area (Å²) in [5.74, 6) is -1.14. The molecule has 0 fully saturated rings. The van der Waals surface area contributed by atoms with Gasteiger partial charge in [-0.2, -0.15) is 0 Å². The summed E-state index contributed by atoms with van der Waals surface area (Å²) >= 11 is 5.93. The zero-order valence-electron chi connectivity index (χ0n) is 13.4. The first-order valence-corrected chi connectivity index (χ1v) is 7.69. The molecule has 6 nitrogen and oxygen atoms in total. The largest absolute Gasteiger partial charge is 0.366 e. The standard InChI is InChI=1S/C18H16ClN3O3/c1-11(23)21-13-5-2-12(3-6-13)4-9-17(24)22-14-7-8-15(18(20)25)16(19)10-14/h2-10H,1H3,(H2,20,25)(H,21,23)(H,22,24)/b9-4+. The Balaban J connectivity index is 1.99. The van der Waals surface area contributed by atoms with Crippen molar-refractivity contribution in [2.45, 2.75) is 6.92 Å². The van der Waals surface area contributed by atoms with Crippen molar-refractivity contribution in [2.24, 2.45) is 5.73 Å². The van der Waals surface area contributed by atoms with Crippen LogP contribution in [0.2, 0.25) is 5.02 Å². The lowest BCUT2D eigenvalue weighted by molar-refractivity contribution is -0.114. The molecule has 2 aromatic carbocycles. The van der Waals surface area contributed by atoms with Gasteiger partial charge in [0.2, 0.25) is 17.7 Å². The second-order valence-corrected chi connectivity index (χ2v) is 5.59. The molecular formula is C18H16ClN3O3. The molecule has 0 aliphatic heterocycles. The van der Waals surface area contributed by atoms with Crippen LogP contribution in [0.4, 0.5) is 11.4 Å². The van der Waals surface area contributed by atoms with Crippen LogP contribution in [-0.4, -0.2) is 17.7 Å². The van der Waals surface area contributed by atoms with Crippen LogP contribution >= 0.6 is 11.6 Å². The van der Waals surface area contributed by atoms with E-state index in [1.807, 2.05) is 0 Å². The minimum absolute atomic E-state index is 0.149. The number of anilines is 2. The van der Waals surface area contributed by atoms with Gasteiger partial charge < -0.3 is 16.4 Å². The molecule has 7 heteroatoms. The first-order valence-electron chi connectivity index (χ1n) is 7.31. The third-order valence-electron chi connectivity index (χ3n) is 3.16. The fraction of sp³-hybridized carbons (Fsp3) is 0.0556. The van der Waals surface area contributed by atoms with E-state index in [-0.39, 0.29) is 22.4 Å². The highest BCUT2D eigenvalue weighted by Gasteiger charge is 2.07. The van der Waals surface area contributed by atoms with Crippen LogP contribution in [0.3, 0.4) is 0 Å². The lowest BCUT2D eigenvalue weighted by atomic mass is 10.2. The number of nitrogens with one attached hydrogen (secondary N) is 2. The molecule has 0 spiro atoms. The molecule has 0 aromatic heterocycles. The Bertz CT molecular complexity index is 845. The number of hydrogen-bond acceptors (Lipinski definition) is 3. The van der Waals surface area contributed by atoms with Crippen LogP contribution in [0.25, 0.3) is 6.08 Å². The number of benzene rings is 2. The summed E-state index contributed by atoms with van der Waals surface area (Å²) in [4.78, 5) is 34.0. The zero-order valence-corrected chi connectivity index (χ0v) is 14.1. The van der Waals surface area contributed by atoms with Crippen LogP contribution in [0.15, 0.2) is 48.5 Å². The lowest BCUT2D eigenvalue weighted by Crippen LogP contribution is -2.12. The van der Waals surface area contributed by atoms with Gasteiger partial charge in [0.1, 0.15) is 0 Å². The van der Waals surface area contributed by atoms with E-state index in [1.165, 1.54) is 25.1 Å². The van der Waals surface area contributed by atoms with Crippen LogP contribution in [0, 0.1) is 0 Å². The van der Waals surface area contributed by atoms with E-state index in [1.54, 1.807) is 36.4 Å². The van der Waals surface area contributed by atoms with Crippen LogP contribution in [0.1, 0.15) is 22.8 Å². The molecule has 0 bridgehead atoms. The van der Waals surface area contributed by atoms with Gasteiger partial charge in [-0.25, -0.2) is 0 Å². The molecule has 0 unspecified atom stereocenters. The predicted octanol–water partition coefficient (Wildman–Crippen LogP) is 3.05. The average molecular weight is 358 g/mol. The summed E-state index contributed by atoms with van der Waals surface area (Å²) in [5.41, 5.74) is 7.29. The number of nitrogens with two attached hydrogens (primary N) is 1. The van der Waals surface area contributed by atoms with E-state index in [0.29, 0.717) is 11.4 Å². The highest BCUT2D eigenvalue weighted by atomic mass is 35.5. The predicted molar refractivity (Wildman–Crippen MR) is 98.4 cm³/mol. The molecule has 0 aliphatic rings. The molecule has 0 saturated heterocycles. The second-order valence-electron chi connectivity index (χ2n) is 5.18. The van der Waals surface area contributed by atoms with E-state index in [9.17, 15) is 14.4 Å². The smallest absolute Gasteiger partial charge is 0.250 e. The maximum absolute atomic E-state index is 11.9. The monoisotopic (exact) mass is 357 g/mol. The van der Waals surface area contributed by atoms with Crippen molar-refractivity contribution in [3.8, 4) is 0 Å². The molecule has 25 heavy (non-hydrogen) atoms. The summed E-state index contributed by atoms with van der Waals surface area (Å²) in [7, 11) is 0. The zero-order chi connectivity index (χ0) is 18.4. The third-order valence-corrected chi connectivity index (χ3v) is 3.47. The van der Waals surface area contributed by atoms with Gasteiger partial charge in [-0.15, -0.1) is 0 Å². The Morgan fingerprint density at radius 2 is 1.64 bits per heavy atom.